The van der Waals surface area contributed by atoms with Crippen LogP contribution in [0.1, 0.15) is 26.3 Å². The number of rotatable bonds is 6. The number of alkyl carbamates (subject to hydrolysis) is 1. The molecule has 0 unspecified atom stereocenters. The van der Waals surface area contributed by atoms with Crippen molar-refractivity contribution in [2.75, 3.05) is 20.3 Å². The molecular formula is C17H23NO5. The topological polar surface area (TPSA) is 73.9 Å². The first-order valence-electron chi connectivity index (χ1n) is 7.20. The predicted molar refractivity (Wildman–Crippen MR) is 87.2 cm³/mol. The lowest BCUT2D eigenvalue weighted by Gasteiger charge is -2.19. The molecule has 0 saturated heterocycles. The molecule has 0 aromatic heterocycles. The summed E-state index contributed by atoms with van der Waals surface area (Å²) in [5.74, 6) is 0.151. The quantitative estimate of drug-likeness (QED) is 0.495. The van der Waals surface area contributed by atoms with E-state index in [0.717, 1.165) is 0 Å². The zero-order valence-corrected chi connectivity index (χ0v) is 14.0. The summed E-state index contributed by atoms with van der Waals surface area (Å²) >= 11 is 0. The number of methoxy groups -OCH3 is 1. The summed E-state index contributed by atoms with van der Waals surface area (Å²) in [6.07, 6.45) is -0.481. The maximum Gasteiger partial charge on any atom is 0.407 e. The standard InChI is InChI=1S/C17H23NO5/c1-12(15(19)21-5)13-6-8-14(9-7-13)22-11-10-18-16(20)23-17(2,3)4/h6-9H,1,10-11H2,2-5H3,(H,18,20). The van der Waals surface area contributed by atoms with Crippen LogP contribution in [-0.4, -0.2) is 37.9 Å². The maximum absolute atomic E-state index is 11.4. The monoisotopic (exact) mass is 321 g/mol. The van der Waals surface area contributed by atoms with Gasteiger partial charge in [-0.05, 0) is 38.5 Å². The van der Waals surface area contributed by atoms with Crippen molar-refractivity contribution in [3.63, 3.8) is 0 Å². The number of esters is 1. The van der Waals surface area contributed by atoms with Crippen LogP contribution in [0.15, 0.2) is 30.8 Å². The Labute approximate surface area is 136 Å². The van der Waals surface area contributed by atoms with Crippen molar-refractivity contribution in [1.29, 1.82) is 0 Å². The van der Waals surface area contributed by atoms with Crippen LogP contribution in [-0.2, 0) is 14.3 Å². The molecule has 1 amide bonds. The van der Waals surface area contributed by atoms with Gasteiger partial charge in [-0.25, -0.2) is 9.59 Å². The Morgan fingerprint density at radius 2 is 1.78 bits per heavy atom. The Morgan fingerprint density at radius 3 is 2.30 bits per heavy atom. The molecule has 126 valence electrons. The van der Waals surface area contributed by atoms with Crippen LogP contribution in [0.3, 0.4) is 0 Å². The first-order valence-corrected chi connectivity index (χ1v) is 7.20. The smallest absolute Gasteiger partial charge is 0.407 e. The van der Waals surface area contributed by atoms with Crippen LogP contribution in [0.4, 0.5) is 4.79 Å². The van der Waals surface area contributed by atoms with Crippen molar-refractivity contribution >= 4 is 17.6 Å². The van der Waals surface area contributed by atoms with E-state index in [1.165, 1.54) is 7.11 Å². The summed E-state index contributed by atoms with van der Waals surface area (Å²) in [6.45, 7) is 9.69. The molecule has 0 aliphatic carbocycles. The molecule has 0 aliphatic rings. The second-order valence-corrected chi connectivity index (χ2v) is 5.77. The lowest BCUT2D eigenvalue weighted by atomic mass is 10.1. The molecule has 0 fully saturated rings. The fourth-order valence-electron chi connectivity index (χ4n) is 1.63. The van der Waals surface area contributed by atoms with Crippen molar-refractivity contribution < 1.29 is 23.8 Å². The van der Waals surface area contributed by atoms with Crippen LogP contribution in [0.25, 0.3) is 5.57 Å². The Balaban J connectivity index is 2.38. The number of hydrogen-bond donors (Lipinski definition) is 1. The first kappa shape index (κ1) is 18.5. The highest BCUT2D eigenvalue weighted by atomic mass is 16.6. The van der Waals surface area contributed by atoms with Crippen molar-refractivity contribution in [3.05, 3.63) is 36.4 Å². The van der Waals surface area contributed by atoms with Gasteiger partial charge in [-0.15, -0.1) is 0 Å². The number of hydrogen-bond acceptors (Lipinski definition) is 5. The summed E-state index contributed by atoms with van der Waals surface area (Å²) < 4.78 is 15.2. The highest BCUT2D eigenvalue weighted by molar-refractivity contribution is 6.15. The van der Waals surface area contributed by atoms with E-state index in [4.69, 9.17) is 9.47 Å². The summed E-state index contributed by atoms with van der Waals surface area (Å²) in [7, 11) is 1.31. The highest BCUT2D eigenvalue weighted by Gasteiger charge is 2.15. The molecule has 1 N–H and O–H groups in total. The third-order valence-electron chi connectivity index (χ3n) is 2.67. The molecule has 0 saturated carbocycles. The van der Waals surface area contributed by atoms with Gasteiger partial charge in [-0.1, -0.05) is 18.7 Å². The summed E-state index contributed by atoms with van der Waals surface area (Å²) in [6, 6.07) is 6.87. The average Bonchev–Trinajstić information content (AvgIpc) is 2.49. The predicted octanol–water partition coefficient (Wildman–Crippen LogP) is 2.78. The number of nitrogens with one attached hydrogen (secondary N) is 1. The lowest BCUT2D eigenvalue weighted by Crippen LogP contribution is -2.34. The maximum atomic E-state index is 11.4. The highest BCUT2D eigenvalue weighted by Crippen LogP contribution is 2.18. The molecule has 0 bridgehead atoms. The number of carbonyl (C=O) groups is 2. The molecule has 1 aromatic carbocycles. The van der Waals surface area contributed by atoms with Crippen LogP contribution < -0.4 is 10.1 Å². The van der Waals surface area contributed by atoms with E-state index in [1.807, 2.05) is 0 Å². The van der Waals surface area contributed by atoms with Gasteiger partial charge < -0.3 is 19.5 Å². The third kappa shape index (κ3) is 6.86. The minimum Gasteiger partial charge on any atom is -0.492 e. The Kier molecular flexibility index (Phi) is 6.63. The van der Waals surface area contributed by atoms with Gasteiger partial charge in [0.05, 0.1) is 19.2 Å². The van der Waals surface area contributed by atoms with E-state index >= 15 is 0 Å². The van der Waals surface area contributed by atoms with Crippen LogP contribution >= 0.6 is 0 Å². The van der Waals surface area contributed by atoms with E-state index in [0.29, 0.717) is 24.5 Å². The van der Waals surface area contributed by atoms with E-state index in [-0.39, 0.29) is 5.57 Å². The molecule has 0 radical (unpaired) electrons. The first-order chi connectivity index (χ1) is 10.7. The molecule has 23 heavy (non-hydrogen) atoms. The van der Waals surface area contributed by atoms with Gasteiger partial charge in [-0.2, -0.15) is 0 Å². The number of carbonyl (C=O) groups excluding carboxylic acids is 2. The summed E-state index contributed by atoms with van der Waals surface area (Å²) in [5.41, 5.74) is 0.421. The minimum atomic E-state index is -0.525. The average molecular weight is 321 g/mol. The zero-order valence-electron chi connectivity index (χ0n) is 14.0. The van der Waals surface area contributed by atoms with Crippen LogP contribution in [0.2, 0.25) is 0 Å². The molecule has 0 atom stereocenters. The summed E-state index contributed by atoms with van der Waals surface area (Å²) in [4.78, 5) is 22.8. The van der Waals surface area contributed by atoms with Gasteiger partial charge in [-0.3, -0.25) is 0 Å². The van der Waals surface area contributed by atoms with E-state index < -0.39 is 17.7 Å². The largest absolute Gasteiger partial charge is 0.492 e. The minimum absolute atomic E-state index is 0.283. The lowest BCUT2D eigenvalue weighted by molar-refractivity contribution is -0.133. The molecule has 1 rings (SSSR count). The van der Waals surface area contributed by atoms with Gasteiger partial charge in [0.25, 0.3) is 0 Å². The van der Waals surface area contributed by atoms with Crippen molar-refractivity contribution in [1.82, 2.24) is 5.32 Å². The van der Waals surface area contributed by atoms with Crippen molar-refractivity contribution in [2.45, 2.75) is 26.4 Å². The molecule has 6 nitrogen and oxygen atoms in total. The molecule has 0 aliphatic heterocycles. The SMILES string of the molecule is C=C(C(=O)OC)c1ccc(OCCNC(=O)OC(C)(C)C)cc1. The second kappa shape index (κ2) is 8.22. The van der Waals surface area contributed by atoms with Gasteiger partial charge in [0, 0.05) is 0 Å². The van der Waals surface area contributed by atoms with Gasteiger partial charge >= 0.3 is 12.1 Å². The Hall–Kier alpha value is -2.50. The molecule has 0 spiro atoms. The summed E-state index contributed by atoms with van der Waals surface area (Å²) in [5, 5.41) is 2.60. The zero-order chi connectivity index (χ0) is 17.5. The van der Waals surface area contributed by atoms with E-state index in [9.17, 15) is 9.59 Å². The van der Waals surface area contributed by atoms with E-state index in [2.05, 4.69) is 16.6 Å². The number of ether oxygens (including phenoxy) is 3. The van der Waals surface area contributed by atoms with Crippen LogP contribution in [0, 0.1) is 0 Å². The fourth-order valence-corrected chi connectivity index (χ4v) is 1.63. The van der Waals surface area contributed by atoms with Crippen molar-refractivity contribution in [2.24, 2.45) is 0 Å². The van der Waals surface area contributed by atoms with Gasteiger partial charge in [0.1, 0.15) is 18.0 Å². The second-order valence-electron chi connectivity index (χ2n) is 5.77. The molecular weight excluding hydrogens is 298 g/mol. The van der Waals surface area contributed by atoms with Gasteiger partial charge in [0.2, 0.25) is 0 Å². The number of benzene rings is 1. The third-order valence-corrected chi connectivity index (χ3v) is 2.67. The Bertz CT molecular complexity index is 557. The van der Waals surface area contributed by atoms with Gasteiger partial charge in [0.15, 0.2) is 0 Å². The van der Waals surface area contributed by atoms with Crippen molar-refractivity contribution in [3.8, 4) is 5.75 Å². The Morgan fingerprint density at radius 1 is 1.17 bits per heavy atom. The van der Waals surface area contributed by atoms with Crippen LogP contribution in [0.5, 0.6) is 5.75 Å². The molecule has 6 heteroatoms. The molecule has 0 heterocycles. The molecule has 1 aromatic rings. The normalized spacial score (nSPS) is 10.6. The number of amides is 1. The fraction of sp³-hybridized carbons (Fsp3) is 0.412. The van der Waals surface area contributed by atoms with E-state index in [1.54, 1.807) is 45.0 Å².